The summed E-state index contributed by atoms with van der Waals surface area (Å²) in [7, 11) is 0. The molecule has 0 spiro atoms. The summed E-state index contributed by atoms with van der Waals surface area (Å²) in [5.74, 6) is 0.335. The molecule has 2 amide bonds. The van der Waals surface area contributed by atoms with Crippen LogP contribution in [-0.4, -0.2) is 46.2 Å². The van der Waals surface area contributed by atoms with E-state index in [2.05, 4.69) is 5.32 Å². The molecule has 29 heavy (non-hydrogen) atoms. The third-order valence-electron chi connectivity index (χ3n) is 5.94. The van der Waals surface area contributed by atoms with Gasteiger partial charge in [-0.3, -0.25) is 9.59 Å². The lowest BCUT2D eigenvalue weighted by molar-refractivity contribution is -0.137. The number of rotatable bonds is 4. The van der Waals surface area contributed by atoms with Crippen LogP contribution in [0.4, 0.5) is 4.79 Å². The van der Waals surface area contributed by atoms with Crippen LogP contribution in [0, 0.1) is 11.8 Å². The smallest absolute Gasteiger partial charge is 0.408 e. The van der Waals surface area contributed by atoms with E-state index in [0.29, 0.717) is 19.6 Å². The fourth-order valence-corrected chi connectivity index (χ4v) is 4.39. The lowest BCUT2D eigenvalue weighted by Crippen LogP contribution is -2.57. The van der Waals surface area contributed by atoms with Crippen molar-refractivity contribution in [2.75, 3.05) is 13.1 Å². The minimum Gasteiger partial charge on any atom is -0.444 e. The van der Waals surface area contributed by atoms with Gasteiger partial charge in [-0.05, 0) is 45.1 Å². The minimum atomic E-state index is -0.619. The van der Waals surface area contributed by atoms with Gasteiger partial charge in [-0.25, -0.2) is 4.79 Å². The van der Waals surface area contributed by atoms with Crippen LogP contribution in [0.15, 0.2) is 23.0 Å². The Bertz CT molecular complexity index is 826. The monoisotopic (exact) mass is 403 g/mol. The summed E-state index contributed by atoms with van der Waals surface area (Å²) in [4.78, 5) is 39.8. The summed E-state index contributed by atoms with van der Waals surface area (Å²) in [5.41, 5.74) is 0.416. The number of alkyl carbamates (subject to hydrolysis) is 1. The van der Waals surface area contributed by atoms with Crippen molar-refractivity contribution in [2.24, 2.45) is 11.8 Å². The summed E-state index contributed by atoms with van der Waals surface area (Å²) in [5, 5.41) is 2.81. The highest BCUT2D eigenvalue weighted by molar-refractivity contribution is 5.86. The summed E-state index contributed by atoms with van der Waals surface area (Å²) < 4.78 is 7.23. The molecule has 1 fully saturated rings. The summed E-state index contributed by atoms with van der Waals surface area (Å²) in [6, 6.07) is 4.76. The number of hydrogen-bond acceptors (Lipinski definition) is 4. The van der Waals surface area contributed by atoms with Gasteiger partial charge in [0.2, 0.25) is 5.91 Å². The van der Waals surface area contributed by atoms with Crippen molar-refractivity contribution in [1.82, 2.24) is 14.8 Å². The molecule has 1 aromatic heterocycles. The molecule has 7 nitrogen and oxygen atoms in total. The van der Waals surface area contributed by atoms with Gasteiger partial charge in [0.15, 0.2) is 0 Å². The van der Waals surface area contributed by atoms with Crippen molar-refractivity contribution in [3.8, 4) is 0 Å². The van der Waals surface area contributed by atoms with Crippen LogP contribution in [0.25, 0.3) is 0 Å². The van der Waals surface area contributed by atoms with E-state index in [1.807, 2.05) is 29.4 Å². The maximum atomic E-state index is 13.4. The average molecular weight is 404 g/mol. The second-order valence-electron chi connectivity index (χ2n) is 9.45. The average Bonchev–Trinajstić information content (AvgIpc) is 2.64. The number of nitrogens with zero attached hydrogens (tertiary/aromatic N) is 2. The Balaban J connectivity index is 1.77. The first kappa shape index (κ1) is 21.4. The molecule has 3 rings (SSSR count). The standard InChI is InChI=1S/C22H33N3O4/c1-6-14(2)19(23-21(28)29-22(3,4)5)20(27)24-11-15-10-16(13-24)17-8-7-9-18(26)25(17)12-15/h7-9,14-16,19H,6,10-13H2,1-5H3,(H,23,28)/t14-,15-,16+,19+/m0/s1. The van der Waals surface area contributed by atoms with Gasteiger partial charge in [-0.2, -0.15) is 0 Å². The second-order valence-corrected chi connectivity index (χ2v) is 9.45. The minimum absolute atomic E-state index is 0.00769. The molecule has 0 aliphatic carbocycles. The lowest BCUT2D eigenvalue weighted by atomic mass is 9.82. The third kappa shape index (κ3) is 4.82. The zero-order chi connectivity index (χ0) is 21.3. The van der Waals surface area contributed by atoms with E-state index in [9.17, 15) is 14.4 Å². The molecule has 160 valence electrons. The number of nitrogens with one attached hydrogen (secondary N) is 1. The number of likely N-dealkylation sites (tertiary alicyclic amines) is 1. The van der Waals surface area contributed by atoms with Crippen LogP contribution in [0.2, 0.25) is 0 Å². The molecule has 0 unspecified atom stereocenters. The van der Waals surface area contributed by atoms with E-state index in [-0.39, 0.29) is 29.2 Å². The molecule has 2 bridgehead atoms. The molecule has 0 saturated carbocycles. The number of piperidine rings is 1. The molecule has 4 atom stereocenters. The molecular formula is C22H33N3O4. The predicted molar refractivity (Wildman–Crippen MR) is 111 cm³/mol. The van der Waals surface area contributed by atoms with Crippen molar-refractivity contribution >= 4 is 12.0 Å². The highest BCUT2D eigenvalue weighted by atomic mass is 16.6. The molecule has 1 aromatic rings. The van der Waals surface area contributed by atoms with Gasteiger partial charge >= 0.3 is 6.09 Å². The molecule has 0 radical (unpaired) electrons. The van der Waals surface area contributed by atoms with Crippen LogP contribution in [0.1, 0.15) is 59.1 Å². The van der Waals surface area contributed by atoms with E-state index in [0.717, 1.165) is 18.5 Å². The predicted octanol–water partition coefficient (Wildman–Crippen LogP) is 2.73. The summed E-state index contributed by atoms with van der Waals surface area (Å²) in [6.07, 6.45) is 1.19. The molecule has 2 aliphatic rings. The van der Waals surface area contributed by atoms with Gasteiger partial charge in [0.1, 0.15) is 11.6 Å². The fraction of sp³-hybridized carbons (Fsp3) is 0.682. The SMILES string of the molecule is CC[C@H](C)[C@@H](NC(=O)OC(C)(C)C)C(=O)N1C[C@@H]2C[C@H](C1)c1cccc(=O)n1C2. The number of ether oxygens (including phenoxy) is 1. The highest BCUT2D eigenvalue weighted by Crippen LogP contribution is 2.35. The van der Waals surface area contributed by atoms with Crippen LogP contribution in [-0.2, 0) is 16.1 Å². The van der Waals surface area contributed by atoms with E-state index in [4.69, 9.17) is 4.74 Å². The van der Waals surface area contributed by atoms with Gasteiger partial charge in [0.25, 0.3) is 5.56 Å². The molecule has 3 heterocycles. The Labute approximate surface area is 172 Å². The second kappa shape index (κ2) is 8.20. The Morgan fingerprint density at radius 1 is 1.24 bits per heavy atom. The first-order valence-corrected chi connectivity index (χ1v) is 10.6. The lowest BCUT2D eigenvalue weighted by Gasteiger charge is -2.44. The largest absolute Gasteiger partial charge is 0.444 e. The number of carbonyl (C=O) groups excluding carboxylic acids is 2. The van der Waals surface area contributed by atoms with E-state index in [1.54, 1.807) is 32.9 Å². The van der Waals surface area contributed by atoms with Crippen molar-refractivity contribution in [3.63, 3.8) is 0 Å². The maximum Gasteiger partial charge on any atom is 0.408 e. The molecular weight excluding hydrogens is 370 g/mol. The zero-order valence-electron chi connectivity index (χ0n) is 18.1. The van der Waals surface area contributed by atoms with Gasteiger partial charge in [0, 0.05) is 37.3 Å². The van der Waals surface area contributed by atoms with Gasteiger partial charge in [-0.1, -0.05) is 26.3 Å². The van der Waals surface area contributed by atoms with Crippen molar-refractivity contribution in [3.05, 3.63) is 34.2 Å². The Morgan fingerprint density at radius 2 is 1.97 bits per heavy atom. The molecule has 1 N–H and O–H groups in total. The molecule has 0 aromatic carbocycles. The Hall–Kier alpha value is -2.31. The van der Waals surface area contributed by atoms with Gasteiger partial charge in [-0.15, -0.1) is 0 Å². The number of hydrogen-bond donors (Lipinski definition) is 1. The third-order valence-corrected chi connectivity index (χ3v) is 5.94. The van der Waals surface area contributed by atoms with Crippen LogP contribution in [0.5, 0.6) is 0 Å². The maximum absolute atomic E-state index is 13.4. The van der Waals surface area contributed by atoms with Crippen LogP contribution < -0.4 is 10.9 Å². The van der Waals surface area contributed by atoms with Crippen LogP contribution in [0.3, 0.4) is 0 Å². The molecule has 2 aliphatic heterocycles. The Morgan fingerprint density at radius 3 is 2.62 bits per heavy atom. The number of fused-ring (bicyclic) bond motifs is 4. The number of carbonyl (C=O) groups is 2. The molecule has 1 saturated heterocycles. The quantitative estimate of drug-likeness (QED) is 0.838. The topological polar surface area (TPSA) is 80.6 Å². The first-order chi connectivity index (χ1) is 13.6. The summed E-state index contributed by atoms with van der Waals surface area (Å²) >= 11 is 0. The normalized spacial score (nSPS) is 23.0. The molecule has 7 heteroatoms. The van der Waals surface area contributed by atoms with Gasteiger partial charge < -0.3 is 19.5 Å². The van der Waals surface area contributed by atoms with Crippen molar-refractivity contribution < 1.29 is 14.3 Å². The number of aromatic nitrogens is 1. The first-order valence-electron chi connectivity index (χ1n) is 10.6. The van der Waals surface area contributed by atoms with Crippen molar-refractivity contribution in [2.45, 2.75) is 71.6 Å². The van der Waals surface area contributed by atoms with Gasteiger partial charge in [0.05, 0.1) is 0 Å². The number of pyridine rings is 1. The van der Waals surface area contributed by atoms with E-state index >= 15 is 0 Å². The Kier molecular flexibility index (Phi) is 6.05. The number of amides is 2. The van der Waals surface area contributed by atoms with Crippen LogP contribution >= 0.6 is 0 Å². The van der Waals surface area contributed by atoms with E-state index < -0.39 is 17.7 Å². The highest BCUT2D eigenvalue weighted by Gasteiger charge is 2.39. The van der Waals surface area contributed by atoms with Crippen molar-refractivity contribution in [1.29, 1.82) is 0 Å². The summed E-state index contributed by atoms with van der Waals surface area (Å²) in [6.45, 7) is 11.2. The zero-order valence-corrected chi connectivity index (χ0v) is 18.1. The fourth-order valence-electron chi connectivity index (χ4n) is 4.39. The van der Waals surface area contributed by atoms with E-state index in [1.165, 1.54) is 0 Å².